The summed E-state index contributed by atoms with van der Waals surface area (Å²) in [4.78, 5) is 22.4. The predicted octanol–water partition coefficient (Wildman–Crippen LogP) is 2.15. The van der Waals surface area contributed by atoms with Crippen molar-refractivity contribution in [2.45, 2.75) is 37.6 Å². The second kappa shape index (κ2) is 3.73. The molecule has 0 saturated heterocycles. The van der Waals surface area contributed by atoms with Gasteiger partial charge in [0.2, 0.25) is 5.54 Å². The van der Waals surface area contributed by atoms with Crippen molar-refractivity contribution < 1.29 is 14.1 Å². The number of ketones is 1. The average molecular weight is 223 g/mol. The number of carbonyl (C=O) groups excluding carboxylic acids is 1. The summed E-state index contributed by atoms with van der Waals surface area (Å²) in [7, 11) is 0. The van der Waals surface area contributed by atoms with E-state index in [9.17, 15) is 14.9 Å². The van der Waals surface area contributed by atoms with Crippen molar-refractivity contribution in [2.24, 2.45) is 0 Å². The molecule has 86 valence electrons. The van der Waals surface area contributed by atoms with Gasteiger partial charge in [-0.3, -0.25) is 14.9 Å². The molecule has 0 aromatic carbocycles. The minimum Gasteiger partial charge on any atom is -0.469 e. The Balaban J connectivity index is 2.25. The lowest BCUT2D eigenvalue weighted by atomic mass is 9.75. The second-order valence-electron chi connectivity index (χ2n) is 4.49. The molecule has 1 heterocycles. The van der Waals surface area contributed by atoms with E-state index in [-0.39, 0.29) is 23.5 Å². The highest BCUT2D eigenvalue weighted by Crippen LogP contribution is 2.38. The molecule has 1 aromatic rings. The van der Waals surface area contributed by atoms with E-state index >= 15 is 0 Å². The molecule has 2 atom stereocenters. The topological polar surface area (TPSA) is 73.3 Å². The third kappa shape index (κ3) is 1.73. The van der Waals surface area contributed by atoms with Gasteiger partial charge in [0.05, 0.1) is 12.2 Å². The molecule has 0 amide bonds. The van der Waals surface area contributed by atoms with E-state index in [1.807, 2.05) is 0 Å². The van der Waals surface area contributed by atoms with Crippen LogP contribution in [0.2, 0.25) is 0 Å². The molecule has 1 aromatic heterocycles. The fraction of sp³-hybridized carbons (Fsp3) is 0.545. The van der Waals surface area contributed by atoms with Gasteiger partial charge in [-0.15, -0.1) is 0 Å². The van der Waals surface area contributed by atoms with E-state index in [1.165, 1.54) is 6.26 Å². The van der Waals surface area contributed by atoms with Gasteiger partial charge < -0.3 is 4.42 Å². The smallest absolute Gasteiger partial charge is 0.221 e. The first kappa shape index (κ1) is 10.9. The van der Waals surface area contributed by atoms with Crippen LogP contribution in [0, 0.1) is 10.1 Å². The highest BCUT2D eigenvalue weighted by molar-refractivity contribution is 5.86. The largest absolute Gasteiger partial charge is 0.469 e. The molecule has 0 radical (unpaired) electrons. The summed E-state index contributed by atoms with van der Waals surface area (Å²) in [6.07, 6.45) is 2.28. The van der Waals surface area contributed by atoms with Crippen molar-refractivity contribution >= 4 is 5.78 Å². The third-order valence-corrected chi connectivity index (χ3v) is 3.27. The zero-order valence-electron chi connectivity index (χ0n) is 9.01. The standard InChI is InChI=1S/C11H13NO4/c1-11(12(14)15)5-4-9(13)8(7-11)10-3-2-6-16-10/h2-3,6,8H,4-5,7H2,1H3. The van der Waals surface area contributed by atoms with Gasteiger partial charge in [-0.1, -0.05) is 0 Å². The second-order valence-corrected chi connectivity index (χ2v) is 4.49. The van der Waals surface area contributed by atoms with Gasteiger partial charge in [-0.05, 0) is 12.1 Å². The van der Waals surface area contributed by atoms with Gasteiger partial charge in [-0.25, -0.2) is 0 Å². The van der Waals surface area contributed by atoms with Gasteiger partial charge in [0.15, 0.2) is 0 Å². The molecule has 1 aliphatic carbocycles. The zero-order chi connectivity index (χ0) is 11.8. The molecule has 16 heavy (non-hydrogen) atoms. The summed E-state index contributed by atoms with van der Waals surface area (Å²) < 4.78 is 5.17. The van der Waals surface area contributed by atoms with Gasteiger partial charge in [0.1, 0.15) is 11.5 Å². The first-order chi connectivity index (χ1) is 7.53. The van der Waals surface area contributed by atoms with Crippen LogP contribution in [-0.2, 0) is 4.79 Å². The van der Waals surface area contributed by atoms with Crippen LogP contribution >= 0.6 is 0 Å². The number of furan rings is 1. The van der Waals surface area contributed by atoms with Crippen molar-refractivity contribution in [2.75, 3.05) is 0 Å². The van der Waals surface area contributed by atoms with Gasteiger partial charge in [-0.2, -0.15) is 0 Å². The maximum atomic E-state index is 11.7. The highest BCUT2D eigenvalue weighted by Gasteiger charge is 2.47. The van der Waals surface area contributed by atoms with Crippen LogP contribution in [0.4, 0.5) is 0 Å². The van der Waals surface area contributed by atoms with Crippen molar-refractivity contribution in [3.63, 3.8) is 0 Å². The summed E-state index contributed by atoms with van der Waals surface area (Å²) >= 11 is 0. The van der Waals surface area contributed by atoms with Crippen LogP contribution in [0.1, 0.15) is 37.9 Å². The Hall–Kier alpha value is -1.65. The number of nitrogens with zero attached hydrogens (tertiary/aromatic N) is 1. The molecule has 2 unspecified atom stereocenters. The van der Waals surface area contributed by atoms with E-state index in [0.29, 0.717) is 12.2 Å². The molecular formula is C11H13NO4. The van der Waals surface area contributed by atoms with Crippen LogP contribution < -0.4 is 0 Å². The lowest BCUT2D eigenvalue weighted by molar-refractivity contribution is -0.569. The normalized spacial score (nSPS) is 30.3. The lowest BCUT2D eigenvalue weighted by Crippen LogP contribution is -2.42. The molecule has 0 bridgehead atoms. The van der Waals surface area contributed by atoms with Gasteiger partial charge in [0, 0.05) is 31.1 Å². The number of hydrogen-bond acceptors (Lipinski definition) is 4. The first-order valence-electron chi connectivity index (χ1n) is 5.23. The Kier molecular flexibility index (Phi) is 2.53. The first-order valence-corrected chi connectivity index (χ1v) is 5.23. The summed E-state index contributed by atoms with van der Waals surface area (Å²) in [5.41, 5.74) is -1.01. The third-order valence-electron chi connectivity index (χ3n) is 3.27. The molecule has 5 nitrogen and oxygen atoms in total. The summed E-state index contributed by atoms with van der Waals surface area (Å²) in [5.74, 6) is 0.117. The van der Waals surface area contributed by atoms with E-state index in [0.717, 1.165) is 0 Å². The molecule has 2 rings (SSSR count). The van der Waals surface area contributed by atoms with E-state index in [4.69, 9.17) is 4.42 Å². The van der Waals surface area contributed by atoms with Crippen LogP contribution in [0.3, 0.4) is 0 Å². The Morgan fingerprint density at radius 2 is 2.38 bits per heavy atom. The number of rotatable bonds is 2. The van der Waals surface area contributed by atoms with Gasteiger partial charge >= 0.3 is 0 Å². The van der Waals surface area contributed by atoms with Crippen molar-refractivity contribution in [3.05, 3.63) is 34.3 Å². The van der Waals surface area contributed by atoms with Crippen molar-refractivity contribution in [3.8, 4) is 0 Å². The predicted molar refractivity (Wildman–Crippen MR) is 55.7 cm³/mol. The van der Waals surface area contributed by atoms with Crippen molar-refractivity contribution in [1.29, 1.82) is 0 Å². The summed E-state index contributed by atoms with van der Waals surface area (Å²) in [5, 5.41) is 11.0. The minimum atomic E-state index is -1.01. The number of hydrogen-bond donors (Lipinski definition) is 0. The fourth-order valence-electron chi connectivity index (χ4n) is 2.14. The Morgan fingerprint density at radius 1 is 1.62 bits per heavy atom. The Labute approximate surface area is 92.6 Å². The van der Waals surface area contributed by atoms with Crippen LogP contribution in [-0.4, -0.2) is 16.2 Å². The minimum absolute atomic E-state index is 0.0364. The number of Topliss-reactive ketones (excluding diaryl/α,β-unsaturated/α-hetero) is 1. The molecule has 0 spiro atoms. The summed E-state index contributed by atoms with van der Waals surface area (Å²) in [6, 6.07) is 3.40. The quantitative estimate of drug-likeness (QED) is 0.568. The van der Waals surface area contributed by atoms with Crippen LogP contribution in [0.5, 0.6) is 0 Å². The molecule has 5 heteroatoms. The highest BCUT2D eigenvalue weighted by atomic mass is 16.6. The van der Waals surface area contributed by atoms with E-state index < -0.39 is 11.5 Å². The Bertz CT molecular complexity index is 412. The fourth-order valence-corrected chi connectivity index (χ4v) is 2.14. The maximum absolute atomic E-state index is 11.7. The molecule has 1 aliphatic rings. The molecule has 1 saturated carbocycles. The average Bonchev–Trinajstić information content (AvgIpc) is 2.75. The monoisotopic (exact) mass is 223 g/mol. The Morgan fingerprint density at radius 3 is 2.94 bits per heavy atom. The number of nitro groups is 1. The van der Waals surface area contributed by atoms with E-state index in [1.54, 1.807) is 19.1 Å². The van der Waals surface area contributed by atoms with Crippen LogP contribution in [0.15, 0.2) is 22.8 Å². The molecule has 0 aliphatic heterocycles. The number of carbonyl (C=O) groups is 1. The summed E-state index contributed by atoms with van der Waals surface area (Å²) in [6.45, 7) is 1.59. The lowest BCUT2D eigenvalue weighted by Gasteiger charge is -2.29. The molecule has 0 N–H and O–H groups in total. The molecule has 1 fully saturated rings. The zero-order valence-corrected chi connectivity index (χ0v) is 9.01. The molecular weight excluding hydrogens is 210 g/mol. The van der Waals surface area contributed by atoms with Gasteiger partial charge in [0.25, 0.3) is 0 Å². The van der Waals surface area contributed by atoms with Crippen molar-refractivity contribution in [1.82, 2.24) is 0 Å². The SMILES string of the molecule is CC1([N+](=O)[O-])CCC(=O)C(c2ccco2)C1. The maximum Gasteiger partial charge on any atom is 0.221 e. The van der Waals surface area contributed by atoms with E-state index in [2.05, 4.69) is 0 Å². The van der Waals surface area contributed by atoms with Crippen LogP contribution in [0.25, 0.3) is 0 Å².